The van der Waals surface area contributed by atoms with Gasteiger partial charge in [0.1, 0.15) is 11.6 Å². The first-order valence-electron chi connectivity index (χ1n) is 12.2. The number of hydrogen-bond acceptors (Lipinski definition) is 5. The predicted octanol–water partition coefficient (Wildman–Crippen LogP) is 5.10. The maximum absolute atomic E-state index is 13.7. The Morgan fingerprint density at radius 3 is 2.41 bits per heavy atom. The molecule has 0 amide bonds. The van der Waals surface area contributed by atoms with E-state index in [9.17, 15) is 4.39 Å². The van der Waals surface area contributed by atoms with Crippen LogP contribution in [0, 0.1) is 5.82 Å². The van der Waals surface area contributed by atoms with Crippen molar-refractivity contribution in [1.29, 1.82) is 0 Å². The summed E-state index contributed by atoms with van der Waals surface area (Å²) in [6, 6.07) is 11.8. The van der Waals surface area contributed by atoms with E-state index in [2.05, 4.69) is 33.8 Å². The first kappa shape index (κ1) is 24.3. The van der Waals surface area contributed by atoms with Gasteiger partial charge in [-0.1, -0.05) is 13.0 Å². The molecular weight excluding hydrogens is 403 g/mol. The number of rotatable bonds is 6. The molecule has 0 spiro atoms. The second-order valence-corrected chi connectivity index (χ2v) is 8.65. The lowest BCUT2D eigenvalue weighted by atomic mass is 10.0. The fraction of sp³-hybridized carbons (Fsp3) is 0.577. The van der Waals surface area contributed by atoms with Crippen molar-refractivity contribution in [2.24, 2.45) is 0 Å². The fourth-order valence-corrected chi connectivity index (χ4v) is 4.64. The normalized spacial score (nSPS) is 18.7. The molecule has 2 aromatic rings. The smallest absolute Gasteiger partial charge is 0.130 e. The van der Waals surface area contributed by atoms with E-state index < -0.39 is 0 Å². The third kappa shape index (κ3) is 6.58. The summed E-state index contributed by atoms with van der Waals surface area (Å²) < 4.78 is 13.7. The summed E-state index contributed by atoms with van der Waals surface area (Å²) in [5.41, 5.74) is 2.27. The highest BCUT2D eigenvalue weighted by Gasteiger charge is 2.26. The molecule has 0 aliphatic carbocycles. The molecule has 1 unspecified atom stereocenters. The minimum absolute atomic E-state index is 0.164. The highest BCUT2D eigenvalue weighted by molar-refractivity contribution is 5.56. The molecular formula is C26H39FN4O. The standard InChI is InChI=1S/C23H31FN4.C3H8O/c1-2-28(23-17-21(11-12-25-23)26-13-4-3-5-14-26)22-10-7-15-27(18-22)20-9-6-8-19(24)16-20;1-2-3-4/h6,8-9,11-12,16-17,22H,2-5,7,10,13-15,18H2,1H3;4H,2-3H2,1H3. The number of aliphatic hydroxyl groups excluding tert-OH is 1. The van der Waals surface area contributed by atoms with E-state index in [4.69, 9.17) is 10.1 Å². The zero-order chi connectivity index (χ0) is 22.8. The first-order valence-corrected chi connectivity index (χ1v) is 12.2. The molecule has 1 aromatic heterocycles. The monoisotopic (exact) mass is 442 g/mol. The van der Waals surface area contributed by atoms with Gasteiger partial charge in [0.2, 0.25) is 0 Å². The third-order valence-corrected chi connectivity index (χ3v) is 6.32. The highest BCUT2D eigenvalue weighted by Crippen LogP contribution is 2.28. The van der Waals surface area contributed by atoms with Gasteiger partial charge in [0.15, 0.2) is 0 Å². The first-order chi connectivity index (χ1) is 15.7. The van der Waals surface area contributed by atoms with Gasteiger partial charge >= 0.3 is 0 Å². The van der Waals surface area contributed by atoms with Crippen LogP contribution in [0.5, 0.6) is 0 Å². The van der Waals surface area contributed by atoms with Gasteiger partial charge in [-0.2, -0.15) is 0 Å². The van der Waals surface area contributed by atoms with Gasteiger partial charge in [0.25, 0.3) is 0 Å². The summed E-state index contributed by atoms with van der Waals surface area (Å²) in [7, 11) is 0. The summed E-state index contributed by atoms with van der Waals surface area (Å²) in [4.78, 5) is 11.9. The average Bonchev–Trinajstić information content (AvgIpc) is 2.86. The second-order valence-electron chi connectivity index (χ2n) is 8.65. The van der Waals surface area contributed by atoms with Crippen LogP contribution in [0.15, 0.2) is 42.6 Å². The number of hydrogen-bond donors (Lipinski definition) is 1. The molecule has 0 bridgehead atoms. The van der Waals surface area contributed by atoms with E-state index in [-0.39, 0.29) is 5.82 Å². The Balaban J connectivity index is 0.000000668. The SMILES string of the molecule is CCCO.CCN(c1cc(N2CCCCC2)ccn1)C1CCCN(c2cccc(F)c2)C1. The molecule has 2 aliphatic heterocycles. The van der Waals surface area contributed by atoms with E-state index in [1.165, 1.54) is 31.0 Å². The summed E-state index contributed by atoms with van der Waals surface area (Å²) in [6.07, 6.45) is 8.99. The van der Waals surface area contributed by atoms with Crippen LogP contribution in [0.3, 0.4) is 0 Å². The highest BCUT2D eigenvalue weighted by atomic mass is 19.1. The minimum Gasteiger partial charge on any atom is -0.396 e. The van der Waals surface area contributed by atoms with Crippen molar-refractivity contribution < 1.29 is 9.50 Å². The van der Waals surface area contributed by atoms with Gasteiger partial charge in [-0.3, -0.25) is 0 Å². The van der Waals surface area contributed by atoms with Crippen molar-refractivity contribution in [2.75, 3.05) is 54.0 Å². The summed E-state index contributed by atoms with van der Waals surface area (Å²) in [5.74, 6) is 0.902. The molecule has 5 nitrogen and oxygen atoms in total. The lowest BCUT2D eigenvalue weighted by Gasteiger charge is -2.41. The Morgan fingerprint density at radius 1 is 1.00 bits per heavy atom. The van der Waals surface area contributed by atoms with Crippen LogP contribution in [-0.2, 0) is 0 Å². The largest absolute Gasteiger partial charge is 0.396 e. The van der Waals surface area contributed by atoms with Crippen LogP contribution in [0.2, 0.25) is 0 Å². The Bertz CT molecular complexity index is 810. The molecule has 4 rings (SSSR count). The molecule has 1 N–H and O–H groups in total. The molecule has 6 heteroatoms. The lowest BCUT2D eigenvalue weighted by molar-refractivity contribution is 0.295. The van der Waals surface area contributed by atoms with Gasteiger partial charge < -0.3 is 19.8 Å². The summed E-state index contributed by atoms with van der Waals surface area (Å²) in [5, 5.41) is 7.88. The Labute approximate surface area is 192 Å². The molecule has 2 fully saturated rings. The Kier molecular flexibility index (Phi) is 9.60. The van der Waals surface area contributed by atoms with Crippen molar-refractivity contribution >= 4 is 17.2 Å². The number of halogens is 1. The average molecular weight is 443 g/mol. The van der Waals surface area contributed by atoms with Gasteiger partial charge in [0, 0.05) is 69.0 Å². The summed E-state index contributed by atoms with van der Waals surface area (Å²) >= 11 is 0. The minimum atomic E-state index is -0.164. The molecule has 32 heavy (non-hydrogen) atoms. The number of aromatic nitrogens is 1. The maximum atomic E-state index is 13.7. The van der Waals surface area contributed by atoms with Gasteiger partial charge in [-0.15, -0.1) is 0 Å². The van der Waals surface area contributed by atoms with Crippen molar-refractivity contribution in [2.45, 2.75) is 58.4 Å². The van der Waals surface area contributed by atoms with E-state index in [1.807, 2.05) is 19.2 Å². The number of likely N-dealkylation sites (N-methyl/N-ethyl adjacent to an activating group) is 1. The Hall–Kier alpha value is -2.34. The maximum Gasteiger partial charge on any atom is 0.130 e. The topological polar surface area (TPSA) is 42.8 Å². The van der Waals surface area contributed by atoms with Crippen LogP contribution >= 0.6 is 0 Å². The van der Waals surface area contributed by atoms with Gasteiger partial charge in [-0.05, 0) is 69.7 Å². The molecule has 0 radical (unpaired) electrons. The number of anilines is 3. The lowest BCUT2D eigenvalue weighted by Crippen LogP contribution is -2.48. The molecule has 1 atom stereocenters. The van der Waals surface area contributed by atoms with Crippen LogP contribution in [-0.4, -0.2) is 55.5 Å². The molecule has 2 aliphatic rings. The van der Waals surface area contributed by atoms with E-state index in [0.29, 0.717) is 12.6 Å². The van der Waals surface area contributed by atoms with Gasteiger partial charge in [-0.25, -0.2) is 9.37 Å². The quantitative estimate of drug-likeness (QED) is 0.675. The zero-order valence-corrected chi connectivity index (χ0v) is 19.7. The molecule has 1 aromatic carbocycles. The van der Waals surface area contributed by atoms with Gasteiger partial charge in [0.05, 0.1) is 0 Å². The zero-order valence-electron chi connectivity index (χ0n) is 19.7. The van der Waals surface area contributed by atoms with Crippen molar-refractivity contribution in [3.05, 3.63) is 48.4 Å². The third-order valence-electron chi connectivity index (χ3n) is 6.32. The van der Waals surface area contributed by atoms with Crippen LogP contribution in [0.1, 0.15) is 52.4 Å². The summed E-state index contributed by atoms with van der Waals surface area (Å²) in [6.45, 7) is 9.57. The number of pyridine rings is 1. The number of aliphatic hydroxyl groups is 1. The fourth-order valence-electron chi connectivity index (χ4n) is 4.64. The number of nitrogens with zero attached hydrogens (tertiary/aromatic N) is 4. The second kappa shape index (κ2) is 12.6. The van der Waals surface area contributed by atoms with Crippen LogP contribution < -0.4 is 14.7 Å². The van der Waals surface area contributed by atoms with Crippen LogP contribution in [0.4, 0.5) is 21.6 Å². The van der Waals surface area contributed by atoms with Crippen molar-refractivity contribution in [1.82, 2.24) is 4.98 Å². The number of piperidine rings is 2. The molecule has 176 valence electrons. The Morgan fingerprint density at radius 2 is 1.72 bits per heavy atom. The molecule has 2 saturated heterocycles. The van der Waals surface area contributed by atoms with Crippen molar-refractivity contribution in [3.63, 3.8) is 0 Å². The van der Waals surface area contributed by atoms with E-state index >= 15 is 0 Å². The van der Waals surface area contributed by atoms with E-state index in [1.54, 1.807) is 12.1 Å². The van der Waals surface area contributed by atoms with Crippen molar-refractivity contribution in [3.8, 4) is 0 Å². The van der Waals surface area contributed by atoms with Crippen LogP contribution in [0.25, 0.3) is 0 Å². The molecule has 0 saturated carbocycles. The van der Waals surface area contributed by atoms with E-state index in [0.717, 1.165) is 63.5 Å². The molecule has 3 heterocycles. The predicted molar refractivity (Wildman–Crippen MR) is 132 cm³/mol. The number of benzene rings is 1.